The molecular formula is C43H27N3. The van der Waals surface area contributed by atoms with Gasteiger partial charge in [0.05, 0.1) is 22.2 Å². The van der Waals surface area contributed by atoms with Gasteiger partial charge in [0.25, 0.3) is 0 Å². The van der Waals surface area contributed by atoms with Gasteiger partial charge < -0.3 is 0 Å². The predicted octanol–water partition coefficient (Wildman–Crippen LogP) is 11.2. The van der Waals surface area contributed by atoms with Crippen LogP contribution in [0.4, 0.5) is 0 Å². The third kappa shape index (κ3) is 4.41. The zero-order valence-corrected chi connectivity index (χ0v) is 24.9. The molecule has 3 heteroatoms. The summed E-state index contributed by atoms with van der Waals surface area (Å²) in [6.07, 6.45) is 3.67. The minimum atomic E-state index is 0.929. The van der Waals surface area contributed by atoms with Crippen LogP contribution in [-0.2, 0) is 0 Å². The minimum Gasteiger partial charge on any atom is -0.254 e. The molecule has 0 atom stereocenters. The Labute approximate surface area is 266 Å². The molecule has 0 fully saturated rings. The second-order valence-electron chi connectivity index (χ2n) is 11.7. The van der Waals surface area contributed by atoms with E-state index in [4.69, 9.17) is 4.98 Å². The Hall–Kier alpha value is -6.19. The van der Waals surface area contributed by atoms with Gasteiger partial charge in [-0.1, -0.05) is 115 Å². The molecule has 3 aromatic heterocycles. The van der Waals surface area contributed by atoms with Crippen molar-refractivity contribution in [2.45, 2.75) is 0 Å². The molecule has 0 saturated heterocycles. The summed E-state index contributed by atoms with van der Waals surface area (Å²) < 4.78 is 0. The van der Waals surface area contributed by atoms with Crippen LogP contribution in [-0.4, -0.2) is 15.0 Å². The molecule has 6 aromatic carbocycles. The topological polar surface area (TPSA) is 38.7 Å². The molecule has 46 heavy (non-hydrogen) atoms. The largest absolute Gasteiger partial charge is 0.254 e. The Kier molecular flexibility index (Phi) is 6.14. The molecule has 0 amide bonds. The zero-order valence-electron chi connectivity index (χ0n) is 24.9. The number of pyridine rings is 3. The first-order chi connectivity index (χ1) is 22.8. The van der Waals surface area contributed by atoms with Gasteiger partial charge in [-0.2, -0.15) is 0 Å². The number of hydrogen-bond acceptors (Lipinski definition) is 3. The maximum Gasteiger partial charge on any atom is 0.0970 e. The summed E-state index contributed by atoms with van der Waals surface area (Å²) in [5, 5.41) is 5.82. The summed E-state index contributed by atoms with van der Waals surface area (Å²) in [5.41, 5.74) is 11.9. The highest BCUT2D eigenvalue weighted by Gasteiger charge is 2.14. The average Bonchev–Trinajstić information content (AvgIpc) is 3.14. The molecule has 3 nitrogen and oxygen atoms in total. The summed E-state index contributed by atoms with van der Waals surface area (Å²) in [6.45, 7) is 0. The van der Waals surface area contributed by atoms with Crippen LogP contribution in [0.25, 0.3) is 88.1 Å². The maximum atomic E-state index is 5.21. The van der Waals surface area contributed by atoms with E-state index in [2.05, 4.69) is 149 Å². The van der Waals surface area contributed by atoms with Crippen molar-refractivity contribution in [3.63, 3.8) is 0 Å². The fraction of sp³-hybridized carbons (Fsp3) is 0. The van der Waals surface area contributed by atoms with Crippen LogP contribution in [0.5, 0.6) is 0 Å². The fourth-order valence-electron chi connectivity index (χ4n) is 6.72. The Morgan fingerprint density at radius 3 is 1.93 bits per heavy atom. The van der Waals surface area contributed by atoms with Crippen molar-refractivity contribution in [2.24, 2.45) is 0 Å². The van der Waals surface area contributed by atoms with Gasteiger partial charge >= 0.3 is 0 Å². The molecule has 0 aliphatic rings. The molecule has 3 heterocycles. The van der Waals surface area contributed by atoms with Gasteiger partial charge in [-0.05, 0) is 80.6 Å². The zero-order chi connectivity index (χ0) is 30.5. The van der Waals surface area contributed by atoms with Crippen molar-refractivity contribution in [2.75, 3.05) is 0 Å². The second kappa shape index (κ2) is 10.8. The number of hydrogen-bond donors (Lipinski definition) is 0. The quantitative estimate of drug-likeness (QED) is 0.193. The van der Waals surface area contributed by atoms with E-state index in [0.717, 1.165) is 60.8 Å². The first-order valence-electron chi connectivity index (χ1n) is 15.5. The summed E-state index contributed by atoms with van der Waals surface area (Å²) in [7, 11) is 0. The number of nitrogens with zero attached hydrogens (tertiary/aromatic N) is 3. The van der Waals surface area contributed by atoms with Crippen molar-refractivity contribution in [1.29, 1.82) is 0 Å². The monoisotopic (exact) mass is 585 g/mol. The van der Waals surface area contributed by atoms with Crippen LogP contribution >= 0.6 is 0 Å². The number of benzene rings is 6. The average molecular weight is 586 g/mol. The van der Waals surface area contributed by atoms with Crippen LogP contribution in [0.3, 0.4) is 0 Å². The van der Waals surface area contributed by atoms with Gasteiger partial charge in [-0.25, -0.2) is 4.98 Å². The predicted molar refractivity (Wildman–Crippen MR) is 192 cm³/mol. The Bertz CT molecular complexity index is 2570. The van der Waals surface area contributed by atoms with Gasteiger partial charge in [0, 0.05) is 34.1 Å². The van der Waals surface area contributed by atoms with Gasteiger partial charge in [-0.15, -0.1) is 0 Å². The highest BCUT2D eigenvalue weighted by Crippen LogP contribution is 2.38. The Morgan fingerprint density at radius 1 is 0.370 bits per heavy atom. The molecule has 0 bridgehead atoms. The standard InChI is InChI=1S/C43H27N3/c1-2-9-29(10-3-1)38-27-40(46-39-22-21-30-11-4-5-15-35(30)41(38)39)33-13-6-12-32(25-33)28-17-19-31(20-18-28)37-26-34-14-7-23-44-42(34)43-36(37)16-8-24-45-43/h1-27H. The van der Waals surface area contributed by atoms with E-state index in [0.29, 0.717) is 0 Å². The minimum absolute atomic E-state index is 0.929. The molecule has 0 N–H and O–H groups in total. The summed E-state index contributed by atoms with van der Waals surface area (Å²) >= 11 is 0. The second-order valence-corrected chi connectivity index (χ2v) is 11.7. The van der Waals surface area contributed by atoms with Crippen LogP contribution in [0, 0.1) is 0 Å². The van der Waals surface area contributed by atoms with Crippen molar-refractivity contribution < 1.29 is 0 Å². The Morgan fingerprint density at radius 2 is 1.04 bits per heavy atom. The van der Waals surface area contributed by atoms with Gasteiger partial charge in [-0.3, -0.25) is 9.97 Å². The van der Waals surface area contributed by atoms with Gasteiger partial charge in [0.15, 0.2) is 0 Å². The highest BCUT2D eigenvalue weighted by molar-refractivity contribution is 6.14. The van der Waals surface area contributed by atoms with E-state index < -0.39 is 0 Å². The fourth-order valence-corrected chi connectivity index (χ4v) is 6.72. The van der Waals surface area contributed by atoms with E-state index in [1.54, 1.807) is 0 Å². The molecule has 0 spiro atoms. The summed E-state index contributed by atoms with van der Waals surface area (Å²) in [5.74, 6) is 0. The molecule has 0 aliphatic carbocycles. The van der Waals surface area contributed by atoms with Crippen molar-refractivity contribution in [1.82, 2.24) is 15.0 Å². The van der Waals surface area contributed by atoms with E-state index in [9.17, 15) is 0 Å². The number of aromatic nitrogens is 3. The SMILES string of the molecule is c1ccc(-c2cc(-c3cccc(-c4ccc(-c5cc6cccnc6c6ncccc56)cc4)c3)nc3ccc4ccccc4c23)cc1. The first-order valence-corrected chi connectivity index (χ1v) is 15.5. The molecule has 0 aliphatic heterocycles. The number of fused-ring (bicyclic) bond motifs is 6. The van der Waals surface area contributed by atoms with E-state index in [1.807, 2.05) is 24.5 Å². The van der Waals surface area contributed by atoms with Crippen LogP contribution in [0.2, 0.25) is 0 Å². The van der Waals surface area contributed by atoms with E-state index in [1.165, 1.54) is 27.3 Å². The summed E-state index contributed by atoms with van der Waals surface area (Å²) in [6, 6.07) is 53.7. The molecular weight excluding hydrogens is 558 g/mol. The molecule has 0 radical (unpaired) electrons. The van der Waals surface area contributed by atoms with E-state index >= 15 is 0 Å². The number of rotatable bonds is 4. The van der Waals surface area contributed by atoms with Crippen LogP contribution < -0.4 is 0 Å². The molecule has 0 unspecified atom stereocenters. The third-order valence-electron chi connectivity index (χ3n) is 8.93. The highest BCUT2D eigenvalue weighted by atomic mass is 14.7. The lowest BCUT2D eigenvalue weighted by Crippen LogP contribution is -1.92. The first kappa shape index (κ1) is 26.2. The van der Waals surface area contributed by atoms with Crippen LogP contribution in [0.1, 0.15) is 0 Å². The molecule has 0 saturated carbocycles. The smallest absolute Gasteiger partial charge is 0.0970 e. The lowest BCUT2D eigenvalue weighted by Gasteiger charge is -2.14. The van der Waals surface area contributed by atoms with Crippen molar-refractivity contribution >= 4 is 43.5 Å². The van der Waals surface area contributed by atoms with Crippen molar-refractivity contribution in [3.05, 3.63) is 164 Å². The maximum absolute atomic E-state index is 5.21. The normalized spacial score (nSPS) is 11.5. The van der Waals surface area contributed by atoms with Crippen LogP contribution in [0.15, 0.2) is 164 Å². The van der Waals surface area contributed by atoms with Gasteiger partial charge in [0.1, 0.15) is 0 Å². The lowest BCUT2D eigenvalue weighted by molar-refractivity contribution is 1.37. The van der Waals surface area contributed by atoms with Gasteiger partial charge in [0.2, 0.25) is 0 Å². The van der Waals surface area contributed by atoms with Crippen molar-refractivity contribution in [3.8, 4) is 44.6 Å². The summed E-state index contributed by atoms with van der Waals surface area (Å²) in [4.78, 5) is 14.5. The lowest BCUT2D eigenvalue weighted by atomic mass is 9.93. The molecule has 9 rings (SSSR count). The van der Waals surface area contributed by atoms with E-state index in [-0.39, 0.29) is 0 Å². The Balaban J connectivity index is 1.14. The molecule has 9 aromatic rings. The third-order valence-corrected chi connectivity index (χ3v) is 8.93. The molecule has 214 valence electrons.